The first-order valence-electron chi connectivity index (χ1n) is 7.57. The van der Waals surface area contributed by atoms with Crippen LogP contribution in [0.4, 0.5) is 0 Å². The third kappa shape index (κ3) is 3.19. The molecule has 0 saturated heterocycles. The number of carbonyl (C=O) groups excluding carboxylic acids is 1. The molecule has 24 heavy (non-hydrogen) atoms. The minimum Gasteiger partial charge on any atom is -0.465 e. The number of aliphatic hydroxyl groups is 1. The Kier molecular flexibility index (Phi) is 4.68. The van der Waals surface area contributed by atoms with Gasteiger partial charge in [-0.05, 0) is 35.4 Å². The normalized spacial score (nSPS) is 11.8. The molecule has 3 rings (SSSR count). The number of ether oxygens (including phenoxy) is 1. The molecule has 0 saturated carbocycles. The van der Waals surface area contributed by atoms with Gasteiger partial charge in [-0.2, -0.15) is 0 Å². The Morgan fingerprint density at radius 2 is 1.71 bits per heavy atom. The van der Waals surface area contributed by atoms with E-state index in [1.807, 2.05) is 42.5 Å². The molecule has 0 spiro atoms. The van der Waals surface area contributed by atoms with Crippen molar-refractivity contribution >= 4 is 5.97 Å². The minimum atomic E-state index is -0.810. The van der Waals surface area contributed by atoms with Gasteiger partial charge < -0.3 is 9.84 Å². The van der Waals surface area contributed by atoms with Gasteiger partial charge in [0.05, 0.1) is 18.4 Å². The zero-order chi connectivity index (χ0) is 16.9. The topological polar surface area (TPSA) is 59.4 Å². The second-order valence-corrected chi connectivity index (χ2v) is 5.32. The molecule has 2 aromatic carbocycles. The van der Waals surface area contributed by atoms with E-state index in [4.69, 9.17) is 0 Å². The molecule has 1 heterocycles. The number of esters is 1. The van der Waals surface area contributed by atoms with Gasteiger partial charge in [-0.1, -0.05) is 42.5 Å². The zero-order valence-corrected chi connectivity index (χ0v) is 13.2. The molecule has 4 nitrogen and oxygen atoms in total. The molecule has 0 amide bonds. The Balaban J connectivity index is 1.96. The van der Waals surface area contributed by atoms with E-state index in [-0.39, 0.29) is 0 Å². The van der Waals surface area contributed by atoms with Crippen LogP contribution in [0.3, 0.4) is 0 Å². The standard InChI is InChI=1S/C20H17NO3/c1-24-20(23)15-11-9-14(10-12-15)19(22)17-7-3-2-6-16(17)18-8-4-5-13-21-18/h2-13,19,22H,1H3. The van der Waals surface area contributed by atoms with Gasteiger partial charge in [-0.25, -0.2) is 4.79 Å². The van der Waals surface area contributed by atoms with E-state index in [9.17, 15) is 9.90 Å². The third-order valence-electron chi connectivity index (χ3n) is 3.84. The summed E-state index contributed by atoms with van der Waals surface area (Å²) in [4.78, 5) is 15.9. The number of aromatic nitrogens is 1. The Bertz CT molecular complexity index is 829. The molecule has 0 aliphatic rings. The fraction of sp³-hybridized carbons (Fsp3) is 0.100. The van der Waals surface area contributed by atoms with Crippen LogP contribution in [0, 0.1) is 0 Å². The average molecular weight is 319 g/mol. The monoisotopic (exact) mass is 319 g/mol. The lowest BCUT2D eigenvalue weighted by Crippen LogP contribution is -2.04. The van der Waals surface area contributed by atoms with Gasteiger partial charge in [0, 0.05) is 11.8 Å². The Labute approximate surface area is 140 Å². The van der Waals surface area contributed by atoms with Crippen molar-refractivity contribution in [2.45, 2.75) is 6.10 Å². The van der Waals surface area contributed by atoms with Crippen molar-refractivity contribution in [2.75, 3.05) is 7.11 Å². The predicted octanol–water partition coefficient (Wildman–Crippen LogP) is 3.62. The Morgan fingerprint density at radius 3 is 2.38 bits per heavy atom. The van der Waals surface area contributed by atoms with Gasteiger partial charge in [-0.3, -0.25) is 4.98 Å². The summed E-state index contributed by atoms with van der Waals surface area (Å²) in [6.07, 6.45) is 0.916. The molecule has 0 aliphatic heterocycles. The highest BCUT2D eigenvalue weighted by atomic mass is 16.5. The predicted molar refractivity (Wildman–Crippen MR) is 91.5 cm³/mol. The van der Waals surface area contributed by atoms with Gasteiger partial charge in [0.2, 0.25) is 0 Å². The second-order valence-electron chi connectivity index (χ2n) is 5.32. The highest BCUT2D eigenvalue weighted by Gasteiger charge is 2.16. The molecule has 0 radical (unpaired) electrons. The van der Waals surface area contributed by atoms with Gasteiger partial charge in [0.25, 0.3) is 0 Å². The van der Waals surface area contributed by atoms with E-state index >= 15 is 0 Å². The van der Waals surface area contributed by atoms with Crippen LogP contribution in [0.2, 0.25) is 0 Å². The molecule has 3 aromatic rings. The highest BCUT2D eigenvalue weighted by molar-refractivity contribution is 5.89. The largest absolute Gasteiger partial charge is 0.465 e. The van der Waals surface area contributed by atoms with Gasteiger partial charge in [0.1, 0.15) is 6.10 Å². The number of carbonyl (C=O) groups is 1. The molecule has 0 fully saturated rings. The number of benzene rings is 2. The summed E-state index contributed by atoms with van der Waals surface area (Å²) in [5, 5.41) is 10.8. The van der Waals surface area contributed by atoms with Crippen LogP contribution >= 0.6 is 0 Å². The van der Waals surface area contributed by atoms with Crippen molar-refractivity contribution in [3.8, 4) is 11.3 Å². The number of aliphatic hydroxyl groups excluding tert-OH is 1. The van der Waals surface area contributed by atoms with E-state index in [2.05, 4.69) is 9.72 Å². The van der Waals surface area contributed by atoms with Crippen molar-refractivity contribution in [2.24, 2.45) is 0 Å². The number of methoxy groups -OCH3 is 1. The lowest BCUT2D eigenvalue weighted by molar-refractivity contribution is 0.0600. The maximum atomic E-state index is 11.5. The van der Waals surface area contributed by atoms with Crippen LogP contribution in [0.1, 0.15) is 27.6 Å². The van der Waals surface area contributed by atoms with Crippen molar-refractivity contribution in [3.05, 3.63) is 89.6 Å². The number of pyridine rings is 1. The SMILES string of the molecule is COC(=O)c1ccc(C(O)c2ccccc2-c2ccccn2)cc1. The summed E-state index contributed by atoms with van der Waals surface area (Å²) in [6, 6.07) is 20.0. The molecule has 1 aromatic heterocycles. The van der Waals surface area contributed by atoms with E-state index in [0.717, 1.165) is 16.8 Å². The third-order valence-corrected chi connectivity index (χ3v) is 3.84. The van der Waals surface area contributed by atoms with Crippen LogP contribution in [0.5, 0.6) is 0 Å². The van der Waals surface area contributed by atoms with Crippen LogP contribution in [-0.2, 0) is 4.74 Å². The van der Waals surface area contributed by atoms with Crippen LogP contribution in [0.25, 0.3) is 11.3 Å². The average Bonchev–Trinajstić information content (AvgIpc) is 2.67. The number of rotatable bonds is 4. The Morgan fingerprint density at radius 1 is 1.00 bits per heavy atom. The molecular formula is C20H17NO3. The lowest BCUT2D eigenvalue weighted by Gasteiger charge is -2.16. The first-order valence-corrected chi connectivity index (χ1v) is 7.57. The molecule has 1 unspecified atom stereocenters. The number of hydrogen-bond acceptors (Lipinski definition) is 4. The van der Waals surface area contributed by atoms with Gasteiger partial charge >= 0.3 is 5.97 Å². The summed E-state index contributed by atoms with van der Waals surface area (Å²) in [5.41, 5.74) is 3.60. The van der Waals surface area contributed by atoms with Gasteiger partial charge in [0.15, 0.2) is 0 Å². The lowest BCUT2D eigenvalue weighted by atomic mass is 9.94. The van der Waals surface area contributed by atoms with E-state index < -0.39 is 12.1 Å². The maximum absolute atomic E-state index is 11.5. The summed E-state index contributed by atoms with van der Waals surface area (Å²) in [5.74, 6) is -0.398. The molecule has 1 atom stereocenters. The van der Waals surface area contributed by atoms with Crippen molar-refractivity contribution in [3.63, 3.8) is 0 Å². The first-order chi connectivity index (χ1) is 11.7. The molecular weight excluding hydrogens is 302 g/mol. The first kappa shape index (κ1) is 15.9. The molecule has 4 heteroatoms. The zero-order valence-electron chi connectivity index (χ0n) is 13.2. The highest BCUT2D eigenvalue weighted by Crippen LogP contribution is 2.30. The van der Waals surface area contributed by atoms with Gasteiger partial charge in [-0.15, -0.1) is 0 Å². The summed E-state index contributed by atoms with van der Waals surface area (Å²) < 4.78 is 4.69. The smallest absolute Gasteiger partial charge is 0.337 e. The fourth-order valence-electron chi connectivity index (χ4n) is 2.59. The van der Waals surface area contributed by atoms with Crippen molar-refractivity contribution in [1.29, 1.82) is 0 Å². The van der Waals surface area contributed by atoms with Crippen molar-refractivity contribution in [1.82, 2.24) is 4.98 Å². The number of nitrogens with zero attached hydrogens (tertiary/aromatic N) is 1. The van der Waals surface area contributed by atoms with Crippen molar-refractivity contribution < 1.29 is 14.6 Å². The molecule has 120 valence electrons. The Hall–Kier alpha value is -2.98. The molecule has 0 aliphatic carbocycles. The summed E-state index contributed by atoms with van der Waals surface area (Å²) in [6.45, 7) is 0. The van der Waals surface area contributed by atoms with E-state index in [0.29, 0.717) is 11.1 Å². The minimum absolute atomic E-state index is 0.398. The molecule has 0 bridgehead atoms. The fourth-order valence-corrected chi connectivity index (χ4v) is 2.59. The van der Waals surface area contributed by atoms with Crippen LogP contribution in [-0.4, -0.2) is 23.2 Å². The maximum Gasteiger partial charge on any atom is 0.337 e. The van der Waals surface area contributed by atoms with E-state index in [1.165, 1.54) is 7.11 Å². The number of hydrogen-bond donors (Lipinski definition) is 1. The summed E-state index contributed by atoms with van der Waals surface area (Å²) in [7, 11) is 1.34. The van der Waals surface area contributed by atoms with E-state index in [1.54, 1.807) is 30.5 Å². The second kappa shape index (κ2) is 7.06. The molecule has 1 N–H and O–H groups in total. The van der Waals surface area contributed by atoms with Crippen LogP contribution < -0.4 is 0 Å². The van der Waals surface area contributed by atoms with Crippen LogP contribution in [0.15, 0.2) is 72.9 Å². The summed E-state index contributed by atoms with van der Waals surface area (Å²) >= 11 is 0. The quantitative estimate of drug-likeness (QED) is 0.746.